The van der Waals surface area contributed by atoms with Gasteiger partial charge in [-0.2, -0.15) is 0 Å². The molecule has 30 heavy (non-hydrogen) atoms. The summed E-state index contributed by atoms with van der Waals surface area (Å²) in [6.45, 7) is 6.32. The lowest BCUT2D eigenvalue weighted by atomic mass is 9.98. The van der Waals surface area contributed by atoms with Crippen molar-refractivity contribution in [3.63, 3.8) is 0 Å². The summed E-state index contributed by atoms with van der Waals surface area (Å²) in [6, 6.07) is 19.0. The number of halogens is 1. The first-order valence-corrected chi connectivity index (χ1v) is 10.4. The molecule has 0 radical (unpaired) electrons. The van der Waals surface area contributed by atoms with Crippen LogP contribution in [0.4, 0.5) is 5.69 Å². The Morgan fingerprint density at radius 1 is 1.10 bits per heavy atom. The fourth-order valence-corrected chi connectivity index (χ4v) is 3.63. The molecular formula is C25H23ClN2O2. The zero-order valence-electron chi connectivity index (χ0n) is 17.2. The fourth-order valence-electron chi connectivity index (χ4n) is 3.31. The number of nitrogens with one attached hydrogen (secondary N) is 1. The Hall–Kier alpha value is -3.11. The van der Waals surface area contributed by atoms with Crippen molar-refractivity contribution in [1.29, 1.82) is 0 Å². The molecule has 4 rings (SSSR count). The van der Waals surface area contributed by atoms with Gasteiger partial charge in [-0.1, -0.05) is 37.6 Å². The highest BCUT2D eigenvalue weighted by molar-refractivity contribution is 6.34. The highest BCUT2D eigenvalue weighted by Crippen LogP contribution is 2.29. The van der Waals surface area contributed by atoms with E-state index in [1.54, 1.807) is 12.1 Å². The molecule has 5 heteroatoms. The Morgan fingerprint density at radius 3 is 2.57 bits per heavy atom. The van der Waals surface area contributed by atoms with Gasteiger partial charge in [0, 0.05) is 11.3 Å². The molecule has 0 saturated carbocycles. The normalized spacial score (nSPS) is 12.1. The molecule has 1 amide bonds. The molecule has 1 aromatic heterocycles. The molecule has 0 spiro atoms. The topological polar surface area (TPSA) is 55.1 Å². The second kappa shape index (κ2) is 8.33. The Labute approximate surface area is 180 Å². The van der Waals surface area contributed by atoms with Crippen LogP contribution in [-0.4, -0.2) is 10.9 Å². The van der Waals surface area contributed by atoms with E-state index in [4.69, 9.17) is 16.0 Å². The molecule has 4 aromatic rings. The van der Waals surface area contributed by atoms with Crippen molar-refractivity contribution in [3.05, 3.63) is 82.4 Å². The Morgan fingerprint density at radius 2 is 1.87 bits per heavy atom. The van der Waals surface area contributed by atoms with Crippen LogP contribution in [0.1, 0.15) is 47.7 Å². The Balaban J connectivity index is 1.53. The van der Waals surface area contributed by atoms with Crippen molar-refractivity contribution < 1.29 is 9.21 Å². The van der Waals surface area contributed by atoms with Crippen LogP contribution in [-0.2, 0) is 0 Å². The summed E-state index contributed by atoms with van der Waals surface area (Å²) in [4.78, 5) is 17.2. The second-order valence-corrected chi connectivity index (χ2v) is 7.98. The lowest BCUT2D eigenvalue weighted by molar-refractivity contribution is 0.102. The van der Waals surface area contributed by atoms with Crippen molar-refractivity contribution >= 4 is 34.3 Å². The van der Waals surface area contributed by atoms with Gasteiger partial charge < -0.3 is 9.73 Å². The molecule has 0 aliphatic rings. The van der Waals surface area contributed by atoms with Gasteiger partial charge in [-0.3, -0.25) is 4.79 Å². The van der Waals surface area contributed by atoms with Crippen molar-refractivity contribution in [2.24, 2.45) is 0 Å². The fraction of sp³-hybridized carbons (Fsp3) is 0.200. The van der Waals surface area contributed by atoms with Crippen LogP contribution < -0.4 is 5.32 Å². The minimum absolute atomic E-state index is 0.243. The largest absolute Gasteiger partial charge is 0.436 e. The average molecular weight is 419 g/mol. The van der Waals surface area contributed by atoms with E-state index >= 15 is 0 Å². The maximum Gasteiger partial charge on any atom is 0.257 e. The molecule has 0 fully saturated rings. The number of anilines is 1. The molecule has 0 aliphatic carbocycles. The third-order valence-electron chi connectivity index (χ3n) is 5.35. The Bertz CT molecular complexity index is 1210. The molecule has 152 valence electrons. The van der Waals surface area contributed by atoms with Crippen LogP contribution in [0.5, 0.6) is 0 Å². The number of hydrogen-bond donors (Lipinski definition) is 1. The standard InChI is InChI=1S/C25H23ClN2O2/c1-4-16(3)18-8-12-23-22(14-18)28-25(30-23)17-6-9-19(10-7-17)27-24(29)20-11-5-15(2)13-21(20)26/h5-14,16H,4H2,1-3H3,(H,27,29). The van der Waals surface area contributed by atoms with E-state index in [1.807, 2.05) is 43.3 Å². The smallest absolute Gasteiger partial charge is 0.257 e. The molecule has 0 aliphatic heterocycles. The van der Waals surface area contributed by atoms with E-state index in [-0.39, 0.29) is 5.91 Å². The van der Waals surface area contributed by atoms with Gasteiger partial charge in [-0.25, -0.2) is 4.98 Å². The summed E-state index contributed by atoms with van der Waals surface area (Å²) in [6.07, 6.45) is 1.08. The molecular weight excluding hydrogens is 396 g/mol. The highest BCUT2D eigenvalue weighted by Gasteiger charge is 2.13. The highest BCUT2D eigenvalue weighted by atomic mass is 35.5. The van der Waals surface area contributed by atoms with E-state index < -0.39 is 0 Å². The van der Waals surface area contributed by atoms with Crippen molar-refractivity contribution in [2.45, 2.75) is 33.1 Å². The monoisotopic (exact) mass is 418 g/mol. The van der Waals surface area contributed by atoms with E-state index in [0.717, 1.165) is 28.6 Å². The quantitative estimate of drug-likeness (QED) is 0.372. The molecule has 0 bridgehead atoms. The lowest BCUT2D eigenvalue weighted by Crippen LogP contribution is -2.12. The summed E-state index contributed by atoms with van der Waals surface area (Å²) in [5, 5.41) is 3.31. The van der Waals surface area contributed by atoms with Gasteiger partial charge in [0.1, 0.15) is 5.52 Å². The van der Waals surface area contributed by atoms with Gasteiger partial charge in [-0.15, -0.1) is 0 Å². The zero-order valence-corrected chi connectivity index (χ0v) is 18.0. The number of aryl methyl sites for hydroxylation is 1. The predicted octanol–water partition coefficient (Wildman–Crippen LogP) is 7.22. The number of fused-ring (bicyclic) bond motifs is 1. The number of nitrogens with zero attached hydrogens (tertiary/aromatic N) is 1. The summed E-state index contributed by atoms with van der Waals surface area (Å²) in [5.74, 6) is 0.803. The number of rotatable bonds is 5. The predicted molar refractivity (Wildman–Crippen MR) is 122 cm³/mol. The molecule has 1 unspecified atom stereocenters. The van der Waals surface area contributed by atoms with Crippen molar-refractivity contribution in [2.75, 3.05) is 5.32 Å². The van der Waals surface area contributed by atoms with Gasteiger partial charge in [0.2, 0.25) is 5.89 Å². The third-order valence-corrected chi connectivity index (χ3v) is 5.66. The molecule has 1 atom stereocenters. The second-order valence-electron chi connectivity index (χ2n) is 7.57. The van der Waals surface area contributed by atoms with Crippen LogP contribution in [0.3, 0.4) is 0 Å². The lowest BCUT2D eigenvalue weighted by Gasteiger charge is -2.08. The number of carbonyl (C=O) groups excluding carboxylic acids is 1. The first-order chi connectivity index (χ1) is 14.4. The summed E-state index contributed by atoms with van der Waals surface area (Å²) < 4.78 is 5.92. The van der Waals surface area contributed by atoms with Crippen molar-refractivity contribution in [1.82, 2.24) is 4.98 Å². The molecule has 3 aromatic carbocycles. The minimum atomic E-state index is -0.243. The van der Waals surface area contributed by atoms with Gasteiger partial charge in [0.15, 0.2) is 5.58 Å². The average Bonchev–Trinajstić information content (AvgIpc) is 3.17. The van der Waals surface area contributed by atoms with Gasteiger partial charge in [-0.05, 0) is 78.9 Å². The number of hydrogen-bond acceptors (Lipinski definition) is 3. The van der Waals surface area contributed by atoms with Crippen LogP contribution >= 0.6 is 11.6 Å². The summed E-state index contributed by atoms with van der Waals surface area (Å²) in [5.41, 5.74) is 5.87. The zero-order chi connectivity index (χ0) is 21.3. The molecule has 1 N–H and O–H groups in total. The maximum absolute atomic E-state index is 12.5. The van der Waals surface area contributed by atoms with E-state index in [0.29, 0.717) is 28.1 Å². The van der Waals surface area contributed by atoms with Gasteiger partial charge >= 0.3 is 0 Å². The number of amides is 1. The Kier molecular flexibility index (Phi) is 5.60. The SMILES string of the molecule is CCC(C)c1ccc2oc(-c3ccc(NC(=O)c4ccc(C)cc4Cl)cc3)nc2c1. The van der Waals surface area contributed by atoms with Crippen LogP contribution in [0.15, 0.2) is 65.1 Å². The van der Waals surface area contributed by atoms with E-state index in [9.17, 15) is 4.79 Å². The van der Waals surface area contributed by atoms with Gasteiger partial charge in [0.25, 0.3) is 5.91 Å². The van der Waals surface area contributed by atoms with E-state index in [2.05, 4.69) is 36.3 Å². The number of oxazole rings is 1. The van der Waals surface area contributed by atoms with Gasteiger partial charge in [0.05, 0.1) is 10.6 Å². The molecule has 0 saturated heterocycles. The van der Waals surface area contributed by atoms with Crippen LogP contribution in [0.25, 0.3) is 22.6 Å². The van der Waals surface area contributed by atoms with E-state index in [1.165, 1.54) is 5.56 Å². The first kappa shape index (κ1) is 20.2. The third kappa shape index (κ3) is 4.10. The first-order valence-electron chi connectivity index (χ1n) is 10.0. The number of aromatic nitrogens is 1. The van der Waals surface area contributed by atoms with Crippen molar-refractivity contribution in [3.8, 4) is 11.5 Å². The summed E-state index contributed by atoms with van der Waals surface area (Å²) in [7, 11) is 0. The maximum atomic E-state index is 12.5. The number of carbonyl (C=O) groups is 1. The minimum Gasteiger partial charge on any atom is -0.436 e. The van der Waals surface area contributed by atoms with Crippen LogP contribution in [0, 0.1) is 6.92 Å². The molecule has 1 heterocycles. The molecule has 4 nitrogen and oxygen atoms in total. The number of benzene rings is 3. The van der Waals surface area contributed by atoms with Crippen LogP contribution in [0.2, 0.25) is 5.02 Å². The summed E-state index contributed by atoms with van der Waals surface area (Å²) >= 11 is 6.19.